The SMILES string of the molecule is O=C(N[C@H]1CCCc2ccccc21)c1ccc(COc2ccccc2)o1. The molecule has 4 heteroatoms. The highest BCUT2D eigenvalue weighted by molar-refractivity contribution is 5.91. The normalized spacial score (nSPS) is 15.9. The zero-order valence-corrected chi connectivity index (χ0v) is 14.5. The average Bonchev–Trinajstić information content (AvgIpc) is 3.17. The summed E-state index contributed by atoms with van der Waals surface area (Å²) in [6, 6.07) is 21.4. The Hall–Kier alpha value is -3.01. The van der Waals surface area contributed by atoms with Crippen LogP contribution in [0, 0.1) is 0 Å². The van der Waals surface area contributed by atoms with Crippen LogP contribution in [0.15, 0.2) is 71.1 Å². The summed E-state index contributed by atoms with van der Waals surface area (Å²) >= 11 is 0. The minimum atomic E-state index is -0.183. The molecule has 2 aromatic carbocycles. The number of ether oxygens (including phenoxy) is 1. The van der Waals surface area contributed by atoms with E-state index in [9.17, 15) is 4.79 Å². The first-order chi connectivity index (χ1) is 12.8. The van der Waals surface area contributed by atoms with Gasteiger partial charge in [0.25, 0.3) is 5.91 Å². The van der Waals surface area contributed by atoms with Gasteiger partial charge in [-0.05, 0) is 54.7 Å². The van der Waals surface area contributed by atoms with Crippen LogP contribution in [0.2, 0.25) is 0 Å². The maximum atomic E-state index is 12.6. The molecular formula is C22H21NO3. The van der Waals surface area contributed by atoms with E-state index in [1.54, 1.807) is 12.1 Å². The lowest BCUT2D eigenvalue weighted by Gasteiger charge is -2.25. The number of para-hydroxylation sites is 1. The maximum absolute atomic E-state index is 12.6. The van der Waals surface area contributed by atoms with Crippen LogP contribution in [-0.4, -0.2) is 5.91 Å². The molecule has 4 rings (SSSR count). The Morgan fingerprint density at radius 2 is 1.85 bits per heavy atom. The average molecular weight is 347 g/mol. The fraction of sp³-hybridized carbons (Fsp3) is 0.227. The monoisotopic (exact) mass is 347 g/mol. The summed E-state index contributed by atoms with van der Waals surface area (Å²) < 4.78 is 11.3. The van der Waals surface area contributed by atoms with Gasteiger partial charge in [0, 0.05) is 0 Å². The van der Waals surface area contributed by atoms with E-state index < -0.39 is 0 Å². The predicted octanol–water partition coefficient (Wildman–Crippen LogP) is 4.67. The van der Waals surface area contributed by atoms with Gasteiger partial charge < -0.3 is 14.5 Å². The predicted molar refractivity (Wildman–Crippen MR) is 99.1 cm³/mol. The number of fused-ring (bicyclic) bond motifs is 1. The summed E-state index contributed by atoms with van der Waals surface area (Å²) in [6.45, 7) is 0.295. The van der Waals surface area contributed by atoms with Crippen LogP contribution in [0.1, 0.15) is 46.3 Å². The highest BCUT2D eigenvalue weighted by Crippen LogP contribution is 2.29. The lowest BCUT2D eigenvalue weighted by atomic mass is 9.88. The van der Waals surface area contributed by atoms with Crippen molar-refractivity contribution in [2.75, 3.05) is 0 Å². The molecule has 1 atom stereocenters. The highest BCUT2D eigenvalue weighted by Gasteiger charge is 2.23. The molecular weight excluding hydrogens is 326 g/mol. The molecule has 0 aliphatic heterocycles. The minimum Gasteiger partial charge on any atom is -0.486 e. The number of rotatable bonds is 5. The van der Waals surface area contributed by atoms with Gasteiger partial charge in [0.05, 0.1) is 6.04 Å². The molecule has 1 aromatic heterocycles. The number of hydrogen-bond donors (Lipinski definition) is 1. The number of carbonyl (C=O) groups is 1. The van der Waals surface area contributed by atoms with E-state index >= 15 is 0 Å². The summed E-state index contributed by atoms with van der Waals surface area (Å²) in [5.41, 5.74) is 2.53. The molecule has 3 aromatic rings. The standard InChI is InChI=1S/C22H21NO3/c24-22(23-20-12-6-8-16-7-4-5-11-19(16)20)21-14-13-18(26-21)15-25-17-9-2-1-3-10-17/h1-5,7,9-11,13-14,20H,6,8,12,15H2,(H,23,24)/t20-/m0/s1. The first kappa shape index (κ1) is 16.5. The summed E-state index contributed by atoms with van der Waals surface area (Å²) in [7, 11) is 0. The fourth-order valence-electron chi connectivity index (χ4n) is 3.38. The molecule has 1 heterocycles. The Labute approximate surface area is 152 Å². The van der Waals surface area contributed by atoms with Gasteiger partial charge in [0.15, 0.2) is 5.76 Å². The van der Waals surface area contributed by atoms with Crippen LogP contribution in [0.5, 0.6) is 5.75 Å². The molecule has 0 radical (unpaired) electrons. The van der Waals surface area contributed by atoms with Gasteiger partial charge >= 0.3 is 0 Å². The number of nitrogens with one attached hydrogen (secondary N) is 1. The van der Waals surface area contributed by atoms with Crippen molar-refractivity contribution >= 4 is 5.91 Å². The topological polar surface area (TPSA) is 51.5 Å². The summed E-state index contributed by atoms with van der Waals surface area (Å²) in [5.74, 6) is 1.54. The van der Waals surface area contributed by atoms with Crippen molar-refractivity contribution in [2.24, 2.45) is 0 Å². The first-order valence-corrected chi connectivity index (χ1v) is 8.95. The number of hydrogen-bond acceptors (Lipinski definition) is 3. The van der Waals surface area contributed by atoms with E-state index in [4.69, 9.17) is 9.15 Å². The number of carbonyl (C=O) groups excluding carboxylic acids is 1. The van der Waals surface area contributed by atoms with Crippen LogP contribution < -0.4 is 10.1 Å². The van der Waals surface area contributed by atoms with Crippen molar-refractivity contribution in [3.63, 3.8) is 0 Å². The third-order valence-corrected chi connectivity index (χ3v) is 4.68. The van der Waals surface area contributed by atoms with E-state index in [0.717, 1.165) is 25.0 Å². The third kappa shape index (κ3) is 3.64. The van der Waals surface area contributed by atoms with E-state index in [0.29, 0.717) is 18.1 Å². The molecule has 0 unspecified atom stereocenters. The summed E-state index contributed by atoms with van der Waals surface area (Å²) in [6.07, 6.45) is 3.11. The highest BCUT2D eigenvalue weighted by atomic mass is 16.5. The third-order valence-electron chi connectivity index (χ3n) is 4.68. The van der Waals surface area contributed by atoms with Crippen molar-refractivity contribution in [3.05, 3.63) is 89.4 Å². The Morgan fingerprint density at radius 3 is 2.73 bits per heavy atom. The number of benzene rings is 2. The number of amides is 1. The largest absolute Gasteiger partial charge is 0.486 e. The lowest BCUT2D eigenvalue weighted by molar-refractivity contribution is 0.0900. The summed E-state index contributed by atoms with van der Waals surface area (Å²) in [5, 5.41) is 3.10. The minimum absolute atomic E-state index is 0.0431. The molecule has 1 aliphatic carbocycles. The fourth-order valence-corrected chi connectivity index (χ4v) is 3.38. The first-order valence-electron chi connectivity index (χ1n) is 8.95. The maximum Gasteiger partial charge on any atom is 0.287 e. The van der Waals surface area contributed by atoms with Crippen LogP contribution in [-0.2, 0) is 13.0 Å². The Balaban J connectivity index is 1.39. The molecule has 4 nitrogen and oxygen atoms in total. The van der Waals surface area contributed by atoms with Gasteiger partial charge in [-0.3, -0.25) is 4.79 Å². The van der Waals surface area contributed by atoms with Gasteiger partial charge in [-0.15, -0.1) is 0 Å². The zero-order chi connectivity index (χ0) is 17.8. The van der Waals surface area contributed by atoms with Crippen LogP contribution in [0.3, 0.4) is 0 Å². The van der Waals surface area contributed by atoms with Gasteiger partial charge in [0.2, 0.25) is 0 Å². The van der Waals surface area contributed by atoms with Gasteiger partial charge in [-0.2, -0.15) is 0 Å². The van der Waals surface area contributed by atoms with E-state index in [-0.39, 0.29) is 11.9 Å². The van der Waals surface area contributed by atoms with E-state index in [1.165, 1.54) is 11.1 Å². The molecule has 1 N–H and O–H groups in total. The van der Waals surface area contributed by atoms with Gasteiger partial charge in [-0.25, -0.2) is 0 Å². The summed E-state index contributed by atoms with van der Waals surface area (Å²) in [4.78, 5) is 12.6. The van der Waals surface area contributed by atoms with Crippen molar-refractivity contribution in [1.29, 1.82) is 0 Å². The van der Waals surface area contributed by atoms with E-state index in [1.807, 2.05) is 36.4 Å². The van der Waals surface area contributed by atoms with Crippen molar-refractivity contribution in [2.45, 2.75) is 31.9 Å². The molecule has 1 aliphatic rings. The van der Waals surface area contributed by atoms with Crippen LogP contribution in [0.25, 0.3) is 0 Å². The molecule has 0 fully saturated rings. The second-order valence-corrected chi connectivity index (χ2v) is 6.48. The molecule has 26 heavy (non-hydrogen) atoms. The second-order valence-electron chi connectivity index (χ2n) is 6.48. The smallest absolute Gasteiger partial charge is 0.287 e. The Kier molecular flexibility index (Phi) is 4.73. The van der Waals surface area contributed by atoms with Crippen molar-refractivity contribution < 1.29 is 13.9 Å². The number of furan rings is 1. The van der Waals surface area contributed by atoms with Crippen molar-refractivity contribution in [1.82, 2.24) is 5.32 Å². The molecule has 1 amide bonds. The molecule has 0 saturated heterocycles. The molecule has 132 valence electrons. The molecule has 0 spiro atoms. The van der Waals surface area contributed by atoms with E-state index in [2.05, 4.69) is 23.5 Å². The molecule has 0 saturated carbocycles. The quantitative estimate of drug-likeness (QED) is 0.730. The van der Waals surface area contributed by atoms with Gasteiger partial charge in [-0.1, -0.05) is 42.5 Å². The number of aryl methyl sites for hydroxylation is 1. The lowest BCUT2D eigenvalue weighted by Crippen LogP contribution is -2.30. The van der Waals surface area contributed by atoms with Crippen LogP contribution >= 0.6 is 0 Å². The Morgan fingerprint density at radius 1 is 1.04 bits per heavy atom. The Bertz CT molecular complexity index is 885. The van der Waals surface area contributed by atoms with Gasteiger partial charge in [0.1, 0.15) is 18.1 Å². The van der Waals surface area contributed by atoms with Crippen molar-refractivity contribution in [3.8, 4) is 5.75 Å². The molecule has 0 bridgehead atoms. The zero-order valence-electron chi connectivity index (χ0n) is 14.5. The second kappa shape index (κ2) is 7.48. The van der Waals surface area contributed by atoms with Crippen LogP contribution in [0.4, 0.5) is 0 Å².